The average molecular weight is 574 g/mol. The highest BCUT2D eigenvalue weighted by Crippen LogP contribution is 2.39. The van der Waals surface area contributed by atoms with E-state index in [-0.39, 0.29) is 43.2 Å². The van der Waals surface area contributed by atoms with E-state index in [0.29, 0.717) is 0 Å². The second-order valence-electron chi connectivity index (χ2n) is 11.3. The number of carbonyl (C=O) groups excluding carboxylic acids is 1. The molecular formula is C31H35F4NO3Si. The molecule has 1 fully saturated rings. The zero-order valence-electron chi connectivity index (χ0n) is 23.4. The lowest BCUT2D eigenvalue weighted by Gasteiger charge is -2.43. The van der Waals surface area contributed by atoms with Gasteiger partial charge < -0.3 is 14.1 Å². The molecule has 214 valence electrons. The number of Topliss-reactive ketones (excluding diaryl/α,β-unsaturated/α-hetero) is 1. The number of carbonyl (C=O) groups is 1. The third-order valence-corrected chi connectivity index (χ3v) is 12.3. The average Bonchev–Trinajstić information content (AvgIpc) is 2.90. The molecule has 3 aromatic carbocycles. The summed E-state index contributed by atoms with van der Waals surface area (Å²) in [5.41, 5.74) is -0.938. The lowest BCUT2D eigenvalue weighted by molar-refractivity contribution is -0.00553. The van der Waals surface area contributed by atoms with Gasteiger partial charge in [-0.25, -0.2) is 17.6 Å². The Morgan fingerprint density at radius 2 is 1.45 bits per heavy atom. The van der Waals surface area contributed by atoms with Gasteiger partial charge >= 0.3 is 6.43 Å². The van der Waals surface area contributed by atoms with Gasteiger partial charge in [0.05, 0.1) is 30.1 Å². The van der Waals surface area contributed by atoms with Gasteiger partial charge in [0.25, 0.3) is 8.32 Å². The SMILES string of the molecule is C[C@@H]1CN(c2c(CO[Si](c3ccccc3)(c3ccccc3)C(C)(C)C)cc(C(=O)C(F)F)c(F)c2F)C[C@@H](C)O1. The first kappa shape index (κ1) is 30.0. The van der Waals surface area contributed by atoms with Crippen LogP contribution in [0.2, 0.25) is 5.04 Å². The number of morpholine rings is 1. The van der Waals surface area contributed by atoms with E-state index in [1.54, 1.807) is 4.90 Å². The molecule has 0 radical (unpaired) electrons. The number of alkyl halides is 2. The van der Waals surface area contributed by atoms with Crippen molar-refractivity contribution in [2.45, 2.75) is 64.9 Å². The smallest absolute Gasteiger partial charge is 0.300 e. The minimum atomic E-state index is -3.48. The molecule has 1 aliphatic heterocycles. The van der Waals surface area contributed by atoms with Crippen LogP contribution in [0.15, 0.2) is 66.7 Å². The molecular weight excluding hydrogens is 538 g/mol. The Kier molecular flexibility index (Phi) is 8.87. The van der Waals surface area contributed by atoms with Gasteiger partial charge in [0, 0.05) is 18.7 Å². The fourth-order valence-electron chi connectivity index (χ4n) is 5.73. The molecule has 0 aliphatic carbocycles. The molecule has 4 nitrogen and oxygen atoms in total. The maximum absolute atomic E-state index is 15.8. The lowest BCUT2D eigenvalue weighted by Crippen LogP contribution is -2.66. The number of hydrogen-bond acceptors (Lipinski definition) is 4. The van der Waals surface area contributed by atoms with Gasteiger partial charge in [0.1, 0.15) is 0 Å². The number of anilines is 1. The van der Waals surface area contributed by atoms with Crippen LogP contribution in [0.25, 0.3) is 0 Å². The second kappa shape index (κ2) is 11.8. The first-order valence-corrected chi connectivity index (χ1v) is 15.3. The predicted octanol–water partition coefficient (Wildman–Crippen LogP) is 6.10. The Morgan fingerprint density at radius 3 is 1.90 bits per heavy atom. The molecule has 0 N–H and O–H groups in total. The Morgan fingerprint density at radius 1 is 0.950 bits per heavy atom. The van der Waals surface area contributed by atoms with E-state index < -0.39 is 42.8 Å². The molecule has 0 aromatic heterocycles. The zero-order chi connectivity index (χ0) is 29.2. The molecule has 1 saturated heterocycles. The summed E-state index contributed by atoms with van der Waals surface area (Å²) in [6, 6.07) is 20.5. The predicted molar refractivity (Wildman–Crippen MR) is 151 cm³/mol. The van der Waals surface area contributed by atoms with Crippen LogP contribution in [-0.4, -0.2) is 45.8 Å². The van der Waals surface area contributed by atoms with Crippen LogP contribution in [0.1, 0.15) is 50.5 Å². The van der Waals surface area contributed by atoms with E-state index in [1.165, 1.54) is 0 Å². The molecule has 9 heteroatoms. The minimum Gasteiger partial charge on any atom is -0.403 e. The summed E-state index contributed by atoms with van der Waals surface area (Å²) in [5.74, 6) is -4.69. The van der Waals surface area contributed by atoms with Gasteiger partial charge in [-0.15, -0.1) is 0 Å². The number of ketones is 1. The molecule has 4 rings (SSSR count). The normalized spacial score (nSPS) is 18.3. The topological polar surface area (TPSA) is 38.8 Å². The van der Waals surface area contributed by atoms with E-state index >= 15 is 8.78 Å². The standard InChI is InChI=1S/C31H35F4NO3Si/c1-20-17-36(18-21(2)39-20)28-22(16-25(26(32)27(28)33)29(37)30(34)35)19-38-40(31(3,4)5,23-12-8-6-9-13-23)24-14-10-7-11-15-24/h6-16,20-21,30H,17-19H2,1-5H3/t20-,21-/m1/s1. The number of hydrogen-bond donors (Lipinski definition) is 0. The van der Waals surface area contributed by atoms with Gasteiger partial charge in [0.15, 0.2) is 11.6 Å². The summed E-state index contributed by atoms with van der Waals surface area (Å²) in [6.45, 7) is 10.2. The number of benzene rings is 3. The maximum Gasteiger partial charge on any atom is 0.300 e. The van der Waals surface area contributed by atoms with E-state index in [9.17, 15) is 13.6 Å². The van der Waals surface area contributed by atoms with Crippen LogP contribution < -0.4 is 15.3 Å². The largest absolute Gasteiger partial charge is 0.403 e. The van der Waals surface area contributed by atoms with Gasteiger partial charge in [-0.2, -0.15) is 0 Å². The van der Waals surface area contributed by atoms with Crippen LogP contribution in [0.4, 0.5) is 23.2 Å². The Hall–Kier alpha value is -3.01. The quantitative estimate of drug-likeness (QED) is 0.185. The highest BCUT2D eigenvalue weighted by atomic mass is 28.4. The summed E-state index contributed by atoms with van der Waals surface area (Å²) >= 11 is 0. The number of ether oxygens (including phenoxy) is 1. The summed E-state index contributed by atoms with van der Waals surface area (Å²) in [7, 11) is -3.12. The summed E-state index contributed by atoms with van der Waals surface area (Å²) in [6.07, 6.45) is -4.04. The first-order chi connectivity index (χ1) is 18.9. The molecule has 1 aliphatic rings. The monoisotopic (exact) mass is 573 g/mol. The number of halogens is 4. The van der Waals surface area contributed by atoms with Crippen LogP contribution in [0, 0.1) is 11.6 Å². The van der Waals surface area contributed by atoms with Gasteiger partial charge in [-0.3, -0.25) is 4.79 Å². The van der Waals surface area contributed by atoms with Crippen LogP contribution in [0.5, 0.6) is 0 Å². The third-order valence-electron chi connectivity index (χ3n) is 7.32. The summed E-state index contributed by atoms with van der Waals surface area (Å²) in [5, 5.41) is 1.52. The molecule has 0 bridgehead atoms. The van der Waals surface area contributed by atoms with E-state index in [2.05, 4.69) is 20.8 Å². The van der Waals surface area contributed by atoms with Crippen molar-refractivity contribution in [1.29, 1.82) is 0 Å². The zero-order valence-corrected chi connectivity index (χ0v) is 24.4. The molecule has 1 heterocycles. The van der Waals surface area contributed by atoms with Crippen molar-refractivity contribution >= 4 is 30.2 Å². The van der Waals surface area contributed by atoms with Crippen LogP contribution in [-0.2, 0) is 15.8 Å². The minimum absolute atomic E-state index is 0.0942. The van der Waals surface area contributed by atoms with E-state index in [4.69, 9.17) is 9.16 Å². The van der Waals surface area contributed by atoms with Crippen molar-refractivity contribution in [2.24, 2.45) is 0 Å². The fraction of sp³-hybridized carbons (Fsp3) is 0.387. The van der Waals surface area contributed by atoms with E-state index in [1.807, 2.05) is 74.5 Å². The Bertz CT molecular complexity index is 1280. The van der Waals surface area contributed by atoms with Crippen molar-refractivity contribution in [2.75, 3.05) is 18.0 Å². The van der Waals surface area contributed by atoms with Crippen molar-refractivity contribution in [3.8, 4) is 0 Å². The summed E-state index contributed by atoms with van der Waals surface area (Å²) < 4.78 is 70.5. The molecule has 3 aromatic rings. The number of nitrogens with zero attached hydrogens (tertiary/aromatic N) is 1. The molecule has 0 amide bonds. The molecule has 0 saturated carbocycles. The van der Waals surface area contributed by atoms with Crippen molar-refractivity contribution in [3.63, 3.8) is 0 Å². The van der Waals surface area contributed by atoms with Gasteiger partial charge in [-0.05, 0) is 35.3 Å². The van der Waals surface area contributed by atoms with Gasteiger partial charge in [0.2, 0.25) is 5.78 Å². The highest BCUT2D eigenvalue weighted by Gasteiger charge is 2.50. The molecule has 2 atom stereocenters. The fourth-order valence-corrected chi connectivity index (χ4v) is 10.3. The van der Waals surface area contributed by atoms with Gasteiger partial charge in [-0.1, -0.05) is 81.4 Å². The highest BCUT2D eigenvalue weighted by molar-refractivity contribution is 6.99. The summed E-state index contributed by atoms with van der Waals surface area (Å²) in [4.78, 5) is 13.9. The Balaban J connectivity index is 1.90. The lowest BCUT2D eigenvalue weighted by atomic mass is 10.0. The molecule has 40 heavy (non-hydrogen) atoms. The second-order valence-corrected chi connectivity index (χ2v) is 15.6. The maximum atomic E-state index is 15.8. The van der Waals surface area contributed by atoms with Crippen LogP contribution >= 0.6 is 0 Å². The Labute approximate surface area is 234 Å². The van der Waals surface area contributed by atoms with Crippen LogP contribution in [0.3, 0.4) is 0 Å². The van der Waals surface area contributed by atoms with Crippen molar-refractivity contribution in [1.82, 2.24) is 0 Å². The van der Waals surface area contributed by atoms with E-state index in [0.717, 1.165) is 16.4 Å². The third kappa shape index (κ3) is 5.73. The first-order valence-electron chi connectivity index (χ1n) is 13.4. The molecule has 0 spiro atoms. The molecule has 0 unspecified atom stereocenters. The van der Waals surface area contributed by atoms with Crippen molar-refractivity contribution < 1.29 is 31.5 Å². The van der Waals surface area contributed by atoms with Crippen molar-refractivity contribution in [3.05, 3.63) is 89.5 Å². The number of rotatable bonds is 8.